The Morgan fingerprint density at radius 3 is 0.619 bits per heavy atom. The van der Waals surface area contributed by atoms with E-state index in [2.05, 4.69) is 39.5 Å². The quantitative estimate of drug-likeness (QED) is 0.0690. The number of nitrogens with zero attached hydrogens (tertiary/aromatic N) is 3. The standard InChI is InChI=1S/C45H63N3O15/c1-16-43(22-58-34(49)28(4)5,23-59-35(50)29(6)7)19-46-40(55)47(20-44(17-2,24-60-36(51)30(8)9)25-61-37(52)31(10)11)42(57)48(41(46)56)21-45(18-3,26-62-38(53)32(12)13)27-63-39(54)33(14)15/h4,6,8,10,12,14,16-27H2,1-3,5,7,9,11,13,15H3. The van der Waals surface area contributed by atoms with Crippen molar-refractivity contribution >= 4 is 35.8 Å². The number of rotatable bonds is 27. The first-order valence-corrected chi connectivity index (χ1v) is 20.1. The normalized spacial score (nSPS) is 11.4. The topological polar surface area (TPSA) is 224 Å². The molecule has 0 radical (unpaired) electrons. The first-order chi connectivity index (χ1) is 29.2. The van der Waals surface area contributed by atoms with Gasteiger partial charge in [0.25, 0.3) is 0 Å². The second kappa shape index (κ2) is 23.8. The fraction of sp³-hybridized carbons (Fsp3) is 0.533. The van der Waals surface area contributed by atoms with E-state index in [1.807, 2.05) is 0 Å². The zero-order chi connectivity index (χ0) is 48.6. The molecule has 63 heavy (non-hydrogen) atoms. The lowest BCUT2D eigenvalue weighted by atomic mass is 9.86. The summed E-state index contributed by atoms with van der Waals surface area (Å²) in [4.78, 5) is 121. The highest BCUT2D eigenvalue weighted by molar-refractivity contribution is 5.89. The van der Waals surface area contributed by atoms with Crippen LogP contribution in [0.1, 0.15) is 81.6 Å². The minimum atomic E-state index is -1.51. The van der Waals surface area contributed by atoms with Crippen molar-refractivity contribution in [3.05, 3.63) is 104 Å². The molecule has 1 aromatic heterocycles. The van der Waals surface area contributed by atoms with Crippen LogP contribution in [-0.4, -0.2) is 89.2 Å². The number of hydrogen-bond acceptors (Lipinski definition) is 15. The molecule has 0 bridgehead atoms. The minimum absolute atomic E-state index is 0.0180. The molecule has 0 atom stereocenters. The van der Waals surface area contributed by atoms with Gasteiger partial charge in [0, 0.05) is 53.1 Å². The number of ether oxygens (including phenoxy) is 6. The van der Waals surface area contributed by atoms with Crippen LogP contribution in [0.25, 0.3) is 0 Å². The Morgan fingerprint density at radius 1 is 0.365 bits per heavy atom. The lowest BCUT2D eigenvalue weighted by Gasteiger charge is -2.35. The maximum Gasteiger partial charge on any atom is 0.336 e. The lowest BCUT2D eigenvalue weighted by molar-refractivity contribution is -0.151. The van der Waals surface area contributed by atoms with E-state index in [0.29, 0.717) is 13.7 Å². The van der Waals surface area contributed by atoms with E-state index >= 15 is 0 Å². The van der Waals surface area contributed by atoms with Crippen molar-refractivity contribution in [2.24, 2.45) is 16.2 Å². The Hall–Kier alpha value is -6.33. The number of hydrogen-bond donors (Lipinski definition) is 0. The molecule has 1 rings (SSSR count). The van der Waals surface area contributed by atoms with Crippen LogP contribution in [0.15, 0.2) is 87.3 Å². The maximum absolute atomic E-state index is 14.8. The molecule has 0 fully saturated rings. The van der Waals surface area contributed by atoms with Gasteiger partial charge in [0.1, 0.15) is 39.6 Å². The SMILES string of the molecule is C=C(C)C(=O)OCC(CC)(COC(=O)C(=C)C)Cn1c(=O)n(CC(CC)(COC(=O)C(=C)C)COC(=O)C(=C)C)c(=O)n(CC(CC)(COC(=O)C(=C)C)COC(=O)C(=C)C)c1=O. The van der Waals surface area contributed by atoms with Gasteiger partial charge in [-0.3, -0.25) is 0 Å². The van der Waals surface area contributed by atoms with E-state index in [0.717, 1.165) is 0 Å². The van der Waals surface area contributed by atoms with Crippen LogP contribution >= 0.6 is 0 Å². The summed E-state index contributed by atoms with van der Waals surface area (Å²) in [7, 11) is 0. The summed E-state index contributed by atoms with van der Waals surface area (Å²) in [5.74, 6) is -4.94. The Morgan fingerprint density at radius 2 is 0.508 bits per heavy atom. The largest absolute Gasteiger partial charge is 0.462 e. The van der Waals surface area contributed by atoms with Gasteiger partial charge in [0.05, 0.1) is 16.2 Å². The first-order valence-electron chi connectivity index (χ1n) is 20.1. The lowest BCUT2D eigenvalue weighted by Crippen LogP contribution is -2.60. The first kappa shape index (κ1) is 54.7. The maximum atomic E-state index is 14.8. The monoisotopic (exact) mass is 885 g/mol. The van der Waals surface area contributed by atoms with Crippen molar-refractivity contribution in [2.45, 2.75) is 101 Å². The molecule has 0 aliphatic rings. The third-order valence-electron chi connectivity index (χ3n) is 10.3. The van der Waals surface area contributed by atoms with Crippen LogP contribution in [0, 0.1) is 16.2 Å². The van der Waals surface area contributed by atoms with Crippen molar-refractivity contribution in [2.75, 3.05) is 39.6 Å². The van der Waals surface area contributed by atoms with E-state index in [9.17, 15) is 43.2 Å². The summed E-state index contributed by atoms with van der Waals surface area (Å²) < 4.78 is 35.1. The molecule has 0 unspecified atom stereocenters. The summed E-state index contributed by atoms with van der Waals surface area (Å²) in [6, 6.07) is 0. The minimum Gasteiger partial charge on any atom is -0.462 e. The molecular weight excluding hydrogens is 823 g/mol. The summed E-state index contributed by atoms with van der Waals surface area (Å²) in [5, 5.41) is 0. The second-order valence-corrected chi connectivity index (χ2v) is 16.3. The number of esters is 6. The van der Waals surface area contributed by atoms with E-state index < -0.39 is 128 Å². The van der Waals surface area contributed by atoms with Gasteiger partial charge in [-0.25, -0.2) is 56.9 Å². The van der Waals surface area contributed by atoms with Crippen LogP contribution in [0.3, 0.4) is 0 Å². The third-order valence-corrected chi connectivity index (χ3v) is 10.3. The van der Waals surface area contributed by atoms with Gasteiger partial charge in [0.2, 0.25) is 0 Å². The van der Waals surface area contributed by atoms with Crippen molar-refractivity contribution in [3.8, 4) is 0 Å². The number of aromatic nitrogens is 3. The molecule has 18 heteroatoms. The Balaban J connectivity index is 4.51. The summed E-state index contributed by atoms with van der Waals surface area (Å²) in [5.41, 5.74) is -7.96. The van der Waals surface area contributed by atoms with Crippen molar-refractivity contribution in [3.63, 3.8) is 0 Å². The van der Waals surface area contributed by atoms with Crippen LogP contribution in [0.5, 0.6) is 0 Å². The van der Waals surface area contributed by atoms with Crippen LogP contribution < -0.4 is 17.1 Å². The predicted molar refractivity (Wildman–Crippen MR) is 232 cm³/mol. The van der Waals surface area contributed by atoms with E-state index in [1.54, 1.807) is 20.8 Å². The van der Waals surface area contributed by atoms with Crippen LogP contribution in [0.4, 0.5) is 0 Å². The Kier molecular flexibility index (Phi) is 20.6. The fourth-order valence-corrected chi connectivity index (χ4v) is 5.49. The molecule has 18 nitrogen and oxygen atoms in total. The van der Waals surface area contributed by atoms with Gasteiger partial charge in [-0.1, -0.05) is 60.2 Å². The summed E-state index contributed by atoms with van der Waals surface area (Å²) in [6.07, 6.45) is 0.0541. The van der Waals surface area contributed by atoms with Crippen LogP contribution in [-0.2, 0) is 76.8 Å². The van der Waals surface area contributed by atoms with Gasteiger partial charge >= 0.3 is 52.9 Å². The van der Waals surface area contributed by atoms with Crippen molar-refractivity contribution < 1.29 is 57.2 Å². The molecule has 348 valence electrons. The average molecular weight is 886 g/mol. The van der Waals surface area contributed by atoms with Gasteiger partial charge in [-0.15, -0.1) is 0 Å². The average Bonchev–Trinajstić information content (AvgIpc) is 3.23. The van der Waals surface area contributed by atoms with Crippen LogP contribution in [0.2, 0.25) is 0 Å². The van der Waals surface area contributed by atoms with E-state index in [1.165, 1.54) is 41.5 Å². The zero-order valence-electron chi connectivity index (χ0n) is 38.2. The van der Waals surface area contributed by atoms with Gasteiger partial charge in [0.15, 0.2) is 0 Å². The fourth-order valence-electron chi connectivity index (χ4n) is 5.49. The van der Waals surface area contributed by atoms with Gasteiger partial charge in [-0.05, 0) is 60.8 Å². The molecule has 0 N–H and O–H groups in total. The highest BCUT2D eigenvalue weighted by Crippen LogP contribution is 2.29. The molecular formula is C45H63N3O15. The number of carbonyl (C=O) groups is 6. The molecule has 0 aliphatic carbocycles. The Bertz CT molecular complexity index is 1840. The molecule has 1 heterocycles. The van der Waals surface area contributed by atoms with E-state index in [-0.39, 0.29) is 52.7 Å². The molecule has 0 amide bonds. The molecule has 0 aliphatic heterocycles. The van der Waals surface area contributed by atoms with Gasteiger partial charge < -0.3 is 28.4 Å². The third kappa shape index (κ3) is 15.5. The zero-order valence-corrected chi connectivity index (χ0v) is 38.2. The highest BCUT2D eigenvalue weighted by Gasteiger charge is 2.40. The van der Waals surface area contributed by atoms with E-state index in [4.69, 9.17) is 28.4 Å². The smallest absolute Gasteiger partial charge is 0.336 e. The molecule has 0 spiro atoms. The molecule has 0 saturated heterocycles. The highest BCUT2D eigenvalue weighted by atomic mass is 16.6. The second-order valence-electron chi connectivity index (χ2n) is 16.3. The number of carbonyl (C=O) groups excluding carboxylic acids is 6. The predicted octanol–water partition coefficient (Wildman–Crippen LogP) is 4.08. The van der Waals surface area contributed by atoms with Gasteiger partial charge in [-0.2, -0.15) is 0 Å². The summed E-state index contributed by atoms with van der Waals surface area (Å²) in [6.45, 7) is 29.9. The molecule has 1 aromatic rings. The van der Waals surface area contributed by atoms with Crippen molar-refractivity contribution in [1.82, 2.24) is 13.7 Å². The molecule has 0 saturated carbocycles. The summed E-state index contributed by atoms with van der Waals surface area (Å²) >= 11 is 0. The Labute approximate surface area is 367 Å². The van der Waals surface area contributed by atoms with Crippen molar-refractivity contribution in [1.29, 1.82) is 0 Å². The molecule has 0 aromatic carbocycles.